The molecule has 0 saturated carbocycles. The minimum absolute atomic E-state index is 0.00219. The number of hydrogen-bond donors (Lipinski definition) is 1. The van der Waals surface area contributed by atoms with Gasteiger partial charge in [0.25, 0.3) is 0 Å². The Bertz CT molecular complexity index is 625. The number of carbonyl (C=O) groups excluding carboxylic acids is 1. The Balaban J connectivity index is 1.85. The van der Waals surface area contributed by atoms with Crippen molar-refractivity contribution in [3.05, 3.63) is 53.9 Å². The van der Waals surface area contributed by atoms with Crippen LogP contribution in [0, 0.1) is 5.82 Å². The zero-order valence-corrected chi connectivity index (χ0v) is 13.3. The molecule has 1 N–H and O–H groups in total. The Hall–Kier alpha value is -2.21. The lowest BCUT2D eigenvalue weighted by molar-refractivity contribution is -0.132. The highest BCUT2D eigenvalue weighted by atomic mass is 19.1. The average Bonchev–Trinajstić information content (AvgIpc) is 2.94. The highest BCUT2D eigenvalue weighted by Crippen LogP contribution is 2.10. The molecule has 0 atom stereocenters. The molecule has 6 heteroatoms. The molecular weight excluding hydrogens is 297 g/mol. The number of imidazole rings is 1. The third kappa shape index (κ3) is 5.17. The number of aryl methyl sites for hydroxylation is 2. The largest absolute Gasteiger partial charge is 0.395 e. The van der Waals surface area contributed by atoms with Gasteiger partial charge in [0.15, 0.2) is 0 Å². The van der Waals surface area contributed by atoms with Crippen LogP contribution in [0.1, 0.15) is 24.1 Å². The van der Waals surface area contributed by atoms with Crippen LogP contribution in [-0.2, 0) is 24.8 Å². The molecule has 2 rings (SSSR count). The van der Waals surface area contributed by atoms with Gasteiger partial charge in [-0.1, -0.05) is 12.1 Å². The summed E-state index contributed by atoms with van der Waals surface area (Å²) >= 11 is 0. The van der Waals surface area contributed by atoms with Crippen molar-refractivity contribution in [2.75, 3.05) is 13.2 Å². The summed E-state index contributed by atoms with van der Waals surface area (Å²) in [5.41, 5.74) is 1.94. The monoisotopic (exact) mass is 319 g/mol. The topological polar surface area (TPSA) is 58.4 Å². The van der Waals surface area contributed by atoms with Crippen LogP contribution in [-0.4, -0.2) is 38.6 Å². The molecule has 0 bridgehead atoms. The van der Waals surface area contributed by atoms with Crippen LogP contribution in [0.15, 0.2) is 36.8 Å². The molecule has 0 unspecified atom stereocenters. The quantitative estimate of drug-likeness (QED) is 0.808. The summed E-state index contributed by atoms with van der Waals surface area (Å²) in [6.07, 6.45) is 5.22. The number of nitrogens with zero attached hydrogens (tertiary/aromatic N) is 3. The van der Waals surface area contributed by atoms with E-state index in [0.29, 0.717) is 25.9 Å². The SMILES string of the molecule is Cn1cncc1CN(CCO)C(=O)CCCc1ccc(F)cc1. The molecule has 0 aliphatic rings. The lowest BCUT2D eigenvalue weighted by Gasteiger charge is -2.22. The fourth-order valence-electron chi connectivity index (χ4n) is 2.40. The number of amides is 1. The van der Waals surface area contributed by atoms with Crippen molar-refractivity contribution in [3.8, 4) is 0 Å². The lowest BCUT2D eigenvalue weighted by atomic mass is 10.1. The Morgan fingerprint density at radius 3 is 2.70 bits per heavy atom. The van der Waals surface area contributed by atoms with E-state index in [-0.39, 0.29) is 18.3 Å². The number of carbonyl (C=O) groups is 1. The van der Waals surface area contributed by atoms with Crippen LogP contribution in [0.25, 0.3) is 0 Å². The second kappa shape index (κ2) is 8.43. The fourth-order valence-corrected chi connectivity index (χ4v) is 2.40. The van der Waals surface area contributed by atoms with Crippen LogP contribution in [0.4, 0.5) is 4.39 Å². The maximum absolute atomic E-state index is 12.8. The van der Waals surface area contributed by atoms with Gasteiger partial charge in [-0.15, -0.1) is 0 Å². The highest BCUT2D eigenvalue weighted by molar-refractivity contribution is 5.76. The van der Waals surface area contributed by atoms with Gasteiger partial charge in [-0.05, 0) is 30.5 Å². The van der Waals surface area contributed by atoms with Crippen molar-refractivity contribution in [1.29, 1.82) is 0 Å². The van der Waals surface area contributed by atoms with Crippen LogP contribution in [0.3, 0.4) is 0 Å². The highest BCUT2D eigenvalue weighted by Gasteiger charge is 2.14. The molecule has 0 saturated heterocycles. The van der Waals surface area contributed by atoms with Gasteiger partial charge in [0.05, 0.1) is 25.2 Å². The predicted octanol–water partition coefficient (Wildman–Crippen LogP) is 1.90. The Labute approximate surface area is 135 Å². The van der Waals surface area contributed by atoms with Gasteiger partial charge in [-0.25, -0.2) is 9.37 Å². The summed E-state index contributed by atoms with van der Waals surface area (Å²) in [7, 11) is 1.87. The first kappa shape index (κ1) is 17.1. The average molecular weight is 319 g/mol. The van der Waals surface area contributed by atoms with Crippen molar-refractivity contribution >= 4 is 5.91 Å². The first-order valence-electron chi connectivity index (χ1n) is 7.68. The maximum Gasteiger partial charge on any atom is 0.223 e. The Morgan fingerprint density at radius 2 is 2.09 bits per heavy atom. The van der Waals surface area contributed by atoms with E-state index in [9.17, 15) is 9.18 Å². The van der Waals surface area contributed by atoms with Gasteiger partial charge in [0, 0.05) is 26.2 Å². The molecule has 0 fully saturated rings. The van der Waals surface area contributed by atoms with Crippen molar-refractivity contribution in [3.63, 3.8) is 0 Å². The van der Waals surface area contributed by atoms with Gasteiger partial charge in [0.2, 0.25) is 5.91 Å². The summed E-state index contributed by atoms with van der Waals surface area (Å²) in [6.45, 7) is 0.675. The minimum atomic E-state index is -0.255. The van der Waals surface area contributed by atoms with Gasteiger partial charge >= 0.3 is 0 Å². The first-order chi connectivity index (χ1) is 11.1. The van der Waals surface area contributed by atoms with E-state index in [1.165, 1.54) is 12.1 Å². The molecule has 1 aromatic carbocycles. The van der Waals surface area contributed by atoms with Crippen molar-refractivity contribution < 1.29 is 14.3 Å². The van der Waals surface area contributed by atoms with Crippen LogP contribution < -0.4 is 0 Å². The van der Waals surface area contributed by atoms with E-state index in [1.54, 1.807) is 29.6 Å². The number of aliphatic hydroxyl groups is 1. The molecule has 0 aliphatic carbocycles. The molecule has 23 heavy (non-hydrogen) atoms. The summed E-state index contributed by atoms with van der Waals surface area (Å²) < 4.78 is 14.7. The van der Waals surface area contributed by atoms with E-state index in [1.807, 2.05) is 11.6 Å². The van der Waals surface area contributed by atoms with Gasteiger partial charge in [0.1, 0.15) is 5.82 Å². The molecule has 2 aromatic rings. The van der Waals surface area contributed by atoms with Crippen molar-refractivity contribution in [1.82, 2.24) is 14.5 Å². The molecule has 0 spiro atoms. The van der Waals surface area contributed by atoms with Crippen molar-refractivity contribution in [2.45, 2.75) is 25.8 Å². The van der Waals surface area contributed by atoms with Crippen molar-refractivity contribution in [2.24, 2.45) is 7.05 Å². The maximum atomic E-state index is 12.8. The number of halogens is 1. The normalized spacial score (nSPS) is 10.7. The number of benzene rings is 1. The molecule has 0 aliphatic heterocycles. The predicted molar refractivity (Wildman–Crippen MR) is 85.0 cm³/mol. The Kier molecular flexibility index (Phi) is 6.29. The third-order valence-corrected chi connectivity index (χ3v) is 3.76. The number of hydrogen-bond acceptors (Lipinski definition) is 3. The third-order valence-electron chi connectivity index (χ3n) is 3.76. The smallest absolute Gasteiger partial charge is 0.223 e. The summed E-state index contributed by atoms with van der Waals surface area (Å²) in [4.78, 5) is 18.0. The van der Waals surface area contributed by atoms with E-state index < -0.39 is 0 Å². The molecule has 0 radical (unpaired) electrons. The molecule has 1 aromatic heterocycles. The molecular formula is C17H22FN3O2. The van der Waals surface area contributed by atoms with Gasteiger partial charge < -0.3 is 14.6 Å². The number of aliphatic hydroxyl groups excluding tert-OH is 1. The van der Waals surface area contributed by atoms with Crippen LogP contribution in [0.2, 0.25) is 0 Å². The minimum Gasteiger partial charge on any atom is -0.395 e. The number of aromatic nitrogens is 2. The van der Waals surface area contributed by atoms with E-state index in [2.05, 4.69) is 4.98 Å². The van der Waals surface area contributed by atoms with E-state index in [0.717, 1.165) is 17.7 Å². The van der Waals surface area contributed by atoms with Crippen LogP contribution in [0.5, 0.6) is 0 Å². The van der Waals surface area contributed by atoms with Gasteiger partial charge in [-0.2, -0.15) is 0 Å². The second-order valence-corrected chi connectivity index (χ2v) is 5.51. The van der Waals surface area contributed by atoms with Gasteiger partial charge in [-0.3, -0.25) is 4.79 Å². The summed E-state index contributed by atoms with van der Waals surface area (Å²) in [5.74, 6) is -0.252. The Morgan fingerprint density at radius 1 is 1.35 bits per heavy atom. The molecule has 1 heterocycles. The second-order valence-electron chi connectivity index (χ2n) is 5.51. The van der Waals surface area contributed by atoms with Crippen LogP contribution >= 0.6 is 0 Å². The first-order valence-corrected chi connectivity index (χ1v) is 7.68. The molecule has 124 valence electrons. The molecule has 1 amide bonds. The van der Waals surface area contributed by atoms with E-state index >= 15 is 0 Å². The number of rotatable bonds is 8. The molecule has 5 nitrogen and oxygen atoms in total. The zero-order chi connectivity index (χ0) is 16.7. The summed E-state index contributed by atoms with van der Waals surface area (Å²) in [6, 6.07) is 6.33. The standard InChI is InChI=1S/C17H22FN3O2/c1-20-13-19-11-16(20)12-21(9-10-22)17(23)4-2-3-14-5-7-15(18)8-6-14/h5-8,11,13,22H,2-4,9-10,12H2,1H3. The zero-order valence-electron chi connectivity index (χ0n) is 13.3. The fraction of sp³-hybridized carbons (Fsp3) is 0.412. The summed E-state index contributed by atoms with van der Waals surface area (Å²) in [5, 5.41) is 9.16. The van der Waals surface area contributed by atoms with E-state index in [4.69, 9.17) is 5.11 Å². The lowest BCUT2D eigenvalue weighted by Crippen LogP contribution is -2.33.